The van der Waals surface area contributed by atoms with E-state index in [0.717, 1.165) is 16.0 Å². The molecule has 23 heavy (non-hydrogen) atoms. The van der Waals surface area contributed by atoms with Gasteiger partial charge in [-0.15, -0.1) is 11.3 Å². The van der Waals surface area contributed by atoms with Crippen LogP contribution in [0.1, 0.15) is 15.2 Å². The van der Waals surface area contributed by atoms with Crippen molar-refractivity contribution in [1.82, 2.24) is 5.43 Å². The van der Waals surface area contributed by atoms with Crippen molar-refractivity contribution in [2.45, 2.75) is 0 Å². The summed E-state index contributed by atoms with van der Waals surface area (Å²) >= 11 is 8.78. The highest BCUT2D eigenvalue weighted by molar-refractivity contribution is 7.18. The van der Waals surface area contributed by atoms with Gasteiger partial charge in [-0.05, 0) is 40.6 Å². The number of anilines is 1. The van der Waals surface area contributed by atoms with E-state index in [2.05, 4.69) is 10.5 Å². The van der Waals surface area contributed by atoms with E-state index >= 15 is 0 Å². The summed E-state index contributed by atoms with van der Waals surface area (Å²) in [5.41, 5.74) is 10.8. The summed E-state index contributed by atoms with van der Waals surface area (Å²) in [4.78, 5) is 13.5. The van der Waals surface area contributed by atoms with Crippen molar-refractivity contribution < 1.29 is 4.79 Å². The zero-order valence-electron chi connectivity index (χ0n) is 11.8. The van der Waals surface area contributed by atoms with Gasteiger partial charge in [-0.3, -0.25) is 4.79 Å². The molecule has 1 aromatic carbocycles. The SMILES string of the molecule is Nc1cc(-c2ccc(Cl)cc2)sc1C(=O)N/N=C\c1ccsc1. The van der Waals surface area contributed by atoms with Crippen molar-refractivity contribution in [2.24, 2.45) is 5.10 Å². The van der Waals surface area contributed by atoms with E-state index in [4.69, 9.17) is 17.3 Å². The lowest BCUT2D eigenvalue weighted by atomic mass is 10.2. The summed E-state index contributed by atoms with van der Waals surface area (Å²) < 4.78 is 0. The maximum Gasteiger partial charge on any atom is 0.283 e. The first-order valence-electron chi connectivity index (χ1n) is 6.64. The molecule has 2 aromatic heterocycles. The predicted octanol–water partition coefficient (Wildman–Crippen LogP) is 4.48. The highest BCUT2D eigenvalue weighted by atomic mass is 35.5. The summed E-state index contributed by atoms with van der Waals surface area (Å²) in [6, 6.07) is 11.1. The second kappa shape index (κ2) is 6.95. The lowest BCUT2D eigenvalue weighted by Crippen LogP contribution is -2.17. The molecule has 0 radical (unpaired) electrons. The first kappa shape index (κ1) is 15.7. The maximum atomic E-state index is 12.2. The molecule has 0 aliphatic heterocycles. The van der Waals surface area contributed by atoms with Crippen LogP contribution >= 0.6 is 34.3 Å². The molecule has 0 spiro atoms. The van der Waals surface area contributed by atoms with E-state index in [1.165, 1.54) is 11.3 Å². The fourth-order valence-corrected chi connectivity index (χ4v) is 3.62. The van der Waals surface area contributed by atoms with Crippen molar-refractivity contribution in [3.8, 4) is 10.4 Å². The number of amides is 1. The number of halogens is 1. The molecule has 0 saturated heterocycles. The minimum atomic E-state index is -0.320. The molecule has 0 aliphatic rings. The Morgan fingerprint density at radius 3 is 2.74 bits per heavy atom. The summed E-state index contributed by atoms with van der Waals surface area (Å²) in [6.45, 7) is 0. The number of nitrogens with two attached hydrogens (primary N) is 1. The number of nitrogen functional groups attached to an aromatic ring is 1. The van der Waals surface area contributed by atoms with Crippen molar-refractivity contribution in [1.29, 1.82) is 0 Å². The predicted molar refractivity (Wildman–Crippen MR) is 98.6 cm³/mol. The molecule has 3 aromatic rings. The Hall–Kier alpha value is -2.15. The van der Waals surface area contributed by atoms with Crippen LogP contribution in [0.5, 0.6) is 0 Å². The average Bonchev–Trinajstić information content (AvgIpc) is 3.17. The first-order valence-corrected chi connectivity index (χ1v) is 8.78. The van der Waals surface area contributed by atoms with Gasteiger partial charge in [0, 0.05) is 15.5 Å². The number of hydrazone groups is 1. The van der Waals surface area contributed by atoms with Gasteiger partial charge in [0.05, 0.1) is 11.9 Å². The van der Waals surface area contributed by atoms with Gasteiger partial charge in [-0.2, -0.15) is 16.4 Å². The number of nitrogens with zero attached hydrogens (tertiary/aromatic N) is 1. The number of hydrogen-bond acceptors (Lipinski definition) is 5. The Morgan fingerprint density at radius 2 is 2.04 bits per heavy atom. The molecule has 0 unspecified atom stereocenters. The van der Waals surface area contributed by atoms with Crippen molar-refractivity contribution in [2.75, 3.05) is 5.73 Å². The molecule has 2 heterocycles. The summed E-state index contributed by atoms with van der Waals surface area (Å²) in [5, 5.41) is 8.49. The van der Waals surface area contributed by atoms with E-state index in [-0.39, 0.29) is 5.91 Å². The average molecular weight is 362 g/mol. The highest BCUT2D eigenvalue weighted by Crippen LogP contribution is 2.33. The molecule has 3 N–H and O–H groups in total. The number of rotatable bonds is 4. The van der Waals surface area contributed by atoms with Gasteiger partial charge in [0.15, 0.2) is 0 Å². The van der Waals surface area contributed by atoms with Gasteiger partial charge in [0.2, 0.25) is 0 Å². The second-order valence-electron chi connectivity index (χ2n) is 4.66. The van der Waals surface area contributed by atoms with Crippen LogP contribution in [0.2, 0.25) is 5.02 Å². The van der Waals surface area contributed by atoms with Crippen molar-refractivity contribution in [3.63, 3.8) is 0 Å². The molecule has 0 saturated carbocycles. The van der Waals surface area contributed by atoms with Crippen molar-refractivity contribution >= 4 is 52.1 Å². The number of carbonyl (C=O) groups excluding carboxylic acids is 1. The molecular weight excluding hydrogens is 350 g/mol. The topological polar surface area (TPSA) is 67.5 Å². The smallest absolute Gasteiger partial charge is 0.283 e. The lowest BCUT2D eigenvalue weighted by Gasteiger charge is -1.97. The van der Waals surface area contributed by atoms with E-state index < -0.39 is 0 Å². The van der Waals surface area contributed by atoms with E-state index in [1.54, 1.807) is 35.8 Å². The maximum absolute atomic E-state index is 12.2. The fraction of sp³-hybridized carbons (Fsp3) is 0. The third-order valence-corrected chi connectivity index (χ3v) is 5.17. The quantitative estimate of drug-likeness (QED) is 0.531. The summed E-state index contributed by atoms with van der Waals surface area (Å²) in [5.74, 6) is -0.320. The molecular formula is C16H12ClN3OS2. The molecule has 1 amide bonds. The van der Waals surface area contributed by atoms with Crippen LogP contribution in [0.4, 0.5) is 5.69 Å². The minimum Gasteiger partial charge on any atom is -0.397 e. The van der Waals surface area contributed by atoms with Gasteiger partial charge in [0.1, 0.15) is 4.88 Å². The monoisotopic (exact) mass is 361 g/mol. The minimum absolute atomic E-state index is 0.320. The van der Waals surface area contributed by atoms with Crippen LogP contribution in [0, 0.1) is 0 Å². The third kappa shape index (κ3) is 3.79. The van der Waals surface area contributed by atoms with Gasteiger partial charge in [0.25, 0.3) is 5.91 Å². The molecule has 0 bridgehead atoms. The Morgan fingerprint density at radius 1 is 1.26 bits per heavy atom. The van der Waals surface area contributed by atoms with Crippen LogP contribution in [-0.4, -0.2) is 12.1 Å². The second-order valence-corrected chi connectivity index (χ2v) is 6.93. The first-order chi connectivity index (χ1) is 11.1. The number of carbonyl (C=O) groups is 1. The van der Waals surface area contributed by atoms with Gasteiger partial charge < -0.3 is 5.73 Å². The van der Waals surface area contributed by atoms with Crippen LogP contribution in [0.15, 0.2) is 52.3 Å². The van der Waals surface area contributed by atoms with E-state index in [1.807, 2.05) is 29.0 Å². The Kier molecular flexibility index (Phi) is 4.76. The number of nitrogens with one attached hydrogen (secondary N) is 1. The van der Waals surface area contributed by atoms with Crippen LogP contribution < -0.4 is 11.2 Å². The van der Waals surface area contributed by atoms with Crippen LogP contribution in [0.3, 0.4) is 0 Å². The molecule has 0 aliphatic carbocycles. The van der Waals surface area contributed by atoms with Crippen molar-refractivity contribution in [3.05, 3.63) is 62.6 Å². The Bertz CT molecular complexity index is 839. The normalized spacial score (nSPS) is 11.0. The standard InChI is InChI=1S/C16H12ClN3OS2/c17-12-3-1-11(2-4-12)14-7-13(18)15(23-14)16(21)20-19-8-10-5-6-22-9-10/h1-9H,18H2,(H,20,21)/b19-8-. The Labute approximate surface area is 146 Å². The van der Waals surface area contributed by atoms with Crippen LogP contribution in [-0.2, 0) is 0 Å². The van der Waals surface area contributed by atoms with E-state index in [0.29, 0.717) is 15.6 Å². The lowest BCUT2D eigenvalue weighted by molar-refractivity contribution is 0.0960. The number of hydrogen-bond donors (Lipinski definition) is 2. The largest absolute Gasteiger partial charge is 0.397 e. The Balaban J connectivity index is 1.75. The zero-order chi connectivity index (χ0) is 16.2. The van der Waals surface area contributed by atoms with Crippen LogP contribution in [0.25, 0.3) is 10.4 Å². The summed E-state index contributed by atoms with van der Waals surface area (Å²) in [6.07, 6.45) is 1.60. The van der Waals surface area contributed by atoms with Gasteiger partial charge in [-0.25, -0.2) is 5.43 Å². The van der Waals surface area contributed by atoms with E-state index in [9.17, 15) is 4.79 Å². The van der Waals surface area contributed by atoms with Gasteiger partial charge in [-0.1, -0.05) is 23.7 Å². The molecule has 116 valence electrons. The van der Waals surface area contributed by atoms with Gasteiger partial charge >= 0.3 is 0 Å². The molecule has 4 nitrogen and oxygen atoms in total. The third-order valence-electron chi connectivity index (χ3n) is 3.02. The zero-order valence-corrected chi connectivity index (χ0v) is 14.2. The summed E-state index contributed by atoms with van der Waals surface area (Å²) in [7, 11) is 0. The molecule has 7 heteroatoms. The fourth-order valence-electron chi connectivity index (χ4n) is 1.90. The number of benzene rings is 1. The highest BCUT2D eigenvalue weighted by Gasteiger charge is 2.14. The molecule has 0 fully saturated rings. The number of thiophene rings is 2. The molecule has 3 rings (SSSR count). The molecule has 0 atom stereocenters.